The zero-order valence-electron chi connectivity index (χ0n) is 7.00. The first kappa shape index (κ1) is 9.96. The molecule has 0 saturated heterocycles. The summed E-state index contributed by atoms with van der Waals surface area (Å²) < 4.78 is 1.50. The number of nitrogen functional groups attached to an aromatic ring is 1. The molecule has 14 heavy (non-hydrogen) atoms. The molecule has 0 saturated carbocycles. The molecular formula is C9H6BrClN2S. The number of nitrogens with zero attached hydrogens (tertiary/aromatic N) is 1. The molecule has 0 bridgehead atoms. The smallest absolute Gasteiger partial charge is 0.186 e. The average Bonchev–Trinajstić information content (AvgIpc) is 2.47. The normalized spacial score (nSPS) is 10.4. The van der Waals surface area contributed by atoms with Crippen LogP contribution in [0.1, 0.15) is 0 Å². The van der Waals surface area contributed by atoms with Crippen molar-refractivity contribution in [3.63, 3.8) is 0 Å². The Morgan fingerprint density at radius 1 is 1.29 bits per heavy atom. The van der Waals surface area contributed by atoms with Gasteiger partial charge < -0.3 is 5.73 Å². The second-order valence-electron chi connectivity index (χ2n) is 2.69. The number of thiazole rings is 1. The van der Waals surface area contributed by atoms with Crippen molar-refractivity contribution >= 4 is 43.9 Å². The van der Waals surface area contributed by atoms with Crippen LogP contribution in [-0.2, 0) is 0 Å². The summed E-state index contributed by atoms with van der Waals surface area (Å²) in [6, 6.07) is 7.79. The van der Waals surface area contributed by atoms with E-state index in [9.17, 15) is 0 Å². The Bertz CT molecular complexity index is 452. The van der Waals surface area contributed by atoms with E-state index in [-0.39, 0.29) is 0 Å². The highest BCUT2D eigenvalue weighted by atomic mass is 79.9. The standard InChI is InChI=1S/C9H6BrClN2S/c10-6-3-1-5(2-4-6)7-8(12)14-9(11)13-7/h1-4H,12H2. The lowest BCUT2D eigenvalue weighted by Gasteiger charge is -1.97. The number of hydrogen-bond donors (Lipinski definition) is 1. The van der Waals surface area contributed by atoms with Crippen molar-refractivity contribution in [1.29, 1.82) is 0 Å². The SMILES string of the molecule is Nc1sc(Cl)nc1-c1ccc(Br)cc1. The quantitative estimate of drug-likeness (QED) is 0.867. The van der Waals surface area contributed by atoms with Gasteiger partial charge in [0.1, 0.15) is 10.7 Å². The summed E-state index contributed by atoms with van der Waals surface area (Å²) >= 11 is 10.4. The van der Waals surface area contributed by atoms with Crippen LogP contribution in [0.5, 0.6) is 0 Å². The zero-order chi connectivity index (χ0) is 10.1. The van der Waals surface area contributed by atoms with Crippen LogP contribution in [0.2, 0.25) is 4.47 Å². The maximum Gasteiger partial charge on any atom is 0.186 e. The highest BCUT2D eigenvalue weighted by Gasteiger charge is 2.08. The van der Waals surface area contributed by atoms with Crippen molar-refractivity contribution in [1.82, 2.24) is 4.98 Å². The van der Waals surface area contributed by atoms with Crippen LogP contribution in [0.25, 0.3) is 11.3 Å². The van der Waals surface area contributed by atoms with E-state index in [0.717, 1.165) is 15.7 Å². The first-order valence-electron chi connectivity index (χ1n) is 3.84. The van der Waals surface area contributed by atoms with Gasteiger partial charge in [-0.25, -0.2) is 4.98 Å². The van der Waals surface area contributed by atoms with E-state index in [2.05, 4.69) is 20.9 Å². The third-order valence-electron chi connectivity index (χ3n) is 1.74. The summed E-state index contributed by atoms with van der Waals surface area (Å²) in [6.07, 6.45) is 0. The number of hydrogen-bond acceptors (Lipinski definition) is 3. The minimum Gasteiger partial charge on any atom is -0.389 e. The monoisotopic (exact) mass is 288 g/mol. The van der Waals surface area contributed by atoms with Crippen LogP contribution < -0.4 is 5.73 Å². The summed E-state index contributed by atoms with van der Waals surface area (Å²) in [5.74, 6) is 0. The number of anilines is 1. The van der Waals surface area contributed by atoms with Gasteiger partial charge in [0.2, 0.25) is 0 Å². The summed E-state index contributed by atoms with van der Waals surface area (Å²) in [6.45, 7) is 0. The molecule has 5 heteroatoms. The predicted molar refractivity (Wildman–Crippen MR) is 64.7 cm³/mol. The van der Waals surface area contributed by atoms with Crippen molar-refractivity contribution in [2.75, 3.05) is 5.73 Å². The Hall–Kier alpha value is -0.580. The van der Waals surface area contributed by atoms with Crippen LogP contribution in [0.15, 0.2) is 28.7 Å². The fraction of sp³-hybridized carbons (Fsp3) is 0. The Kier molecular flexibility index (Phi) is 2.76. The van der Waals surface area contributed by atoms with Crippen molar-refractivity contribution in [3.05, 3.63) is 33.2 Å². The lowest BCUT2D eigenvalue weighted by molar-refractivity contribution is 1.41. The van der Waals surface area contributed by atoms with Gasteiger partial charge in [0.15, 0.2) is 4.47 Å². The first-order valence-corrected chi connectivity index (χ1v) is 5.83. The van der Waals surface area contributed by atoms with E-state index in [4.69, 9.17) is 17.3 Å². The largest absolute Gasteiger partial charge is 0.389 e. The van der Waals surface area contributed by atoms with E-state index >= 15 is 0 Å². The van der Waals surface area contributed by atoms with E-state index < -0.39 is 0 Å². The second kappa shape index (κ2) is 3.88. The van der Waals surface area contributed by atoms with Crippen LogP contribution in [0, 0.1) is 0 Å². The minimum atomic E-state index is 0.473. The molecule has 72 valence electrons. The topological polar surface area (TPSA) is 38.9 Å². The summed E-state index contributed by atoms with van der Waals surface area (Å²) in [4.78, 5) is 4.15. The molecule has 0 unspecified atom stereocenters. The average molecular weight is 290 g/mol. The van der Waals surface area contributed by atoms with E-state index in [1.54, 1.807) is 0 Å². The highest BCUT2D eigenvalue weighted by molar-refractivity contribution is 9.10. The molecule has 0 amide bonds. The Morgan fingerprint density at radius 2 is 1.93 bits per heavy atom. The summed E-state index contributed by atoms with van der Waals surface area (Å²) in [5.41, 5.74) is 7.51. The molecule has 0 aliphatic heterocycles. The summed E-state index contributed by atoms with van der Waals surface area (Å²) in [7, 11) is 0. The van der Waals surface area contributed by atoms with Crippen molar-refractivity contribution in [2.45, 2.75) is 0 Å². The molecule has 2 aromatic rings. The van der Waals surface area contributed by atoms with Crippen LogP contribution >= 0.6 is 38.9 Å². The number of rotatable bonds is 1. The molecule has 0 aliphatic carbocycles. The maximum absolute atomic E-state index is 5.77. The molecular weight excluding hydrogens is 284 g/mol. The van der Waals surface area contributed by atoms with Gasteiger partial charge in [-0.05, 0) is 12.1 Å². The van der Waals surface area contributed by atoms with Gasteiger partial charge in [-0.15, -0.1) is 0 Å². The number of nitrogens with two attached hydrogens (primary N) is 1. The van der Waals surface area contributed by atoms with E-state index in [1.807, 2.05) is 24.3 Å². The predicted octanol–water partition coefficient (Wildman–Crippen LogP) is 3.81. The van der Waals surface area contributed by atoms with Gasteiger partial charge in [-0.2, -0.15) is 0 Å². The molecule has 1 heterocycles. The lowest BCUT2D eigenvalue weighted by atomic mass is 10.2. The third kappa shape index (κ3) is 1.92. The van der Waals surface area contributed by atoms with E-state index in [1.165, 1.54) is 11.3 Å². The molecule has 2 nitrogen and oxygen atoms in total. The molecule has 0 fully saturated rings. The second-order valence-corrected chi connectivity index (χ2v) is 5.22. The Balaban J connectivity index is 2.49. The van der Waals surface area contributed by atoms with Gasteiger partial charge >= 0.3 is 0 Å². The third-order valence-corrected chi connectivity index (χ3v) is 3.26. The van der Waals surface area contributed by atoms with Gasteiger partial charge in [0.25, 0.3) is 0 Å². The molecule has 1 aromatic heterocycles. The molecule has 0 spiro atoms. The fourth-order valence-corrected chi connectivity index (χ4v) is 2.30. The van der Waals surface area contributed by atoms with Gasteiger partial charge in [-0.3, -0.25) is 0 Å². The molecule has 0 aliphatic rings. The number of halogens is 2. The summed E-state index contributed by atoms with van der Waals surface area (Å²) in [5, 5.41) is 0.650. The number of benzene rings is 1. The van der Waals surface area contributed by atoms with Crippen LogP contribution in [0.3, 0.4) is 0 Å². The lowest BCUT2D eigenvalue weighted by Crippen LogP contribution is -1.85. The van der Waals surface area contributed by atoms with Gasteiger partial charge in [0, 0.05) is 10.0 Å². The molecule has 1 aromatic carbocycles. The highest BCUT2D eigenvalue weighted by Crippen LogP contribution is 2.33. The van der Waals surface area contributed by atoms with Crippen molar-refractivity contribution in [2.24, 2.45) is 0 Å². The maximum atomic E-state index is 5.77. The zero-order valence-corrected chi connectivity index (χ0v) is 10.2. The Morgan fingerprint density at radius 3 is 2.43 bits per heavy atom. The van der Waals surface area contributed by atoms with Gasteiger partial charge in [0.05, 0.1) is 0 Å². The molecule has 0 atom stereocenters. The fourth-order valence-electron chi connectivity index (χ4n) is 1.12. The van der Waals surface area contributed by atoms with Crippen LogP contribution in [-0.4, -0.2) is 4.98 Å². The Labute approximate surface area is 98.9 Å². The molecule has 2 rings (SSSR count). The molecule has 0 radical (unpaired) electrons. The minimum absolute atomic E-state index is 0.473. The van der Waals surface area contributed by atoms with Crippen LogP contribution in [0.4, 0.5) is 5.00 Å². The van der Waals surface area contributed by atoms with E-state index in [0.29, 0.717) is 9.47 Å². The van der Waals surface area contributed by atoms with Crippen molar-refractivity contribution < 1.29 is 0 Å². The van der Waals surface area contributed by atoms with Gasteiger partial charge in [-0.1, -0.05) is 51.0 Å². The van der Waals surface area contributed by atoms with Crippen molar-refractivity contribution in [3.8, 4) is 11.3 Å². The molecule has 2 N–H and O–H groups in total. The number of aromatic nitrogens is 1. The first-order chi connectivity index (χ1) is 6.66.